The molecule has 0 bridgehead atoms. The minimum absolute atomic E-state index is 0.115. The minimum Gasteiger partial charge on any atom is -0.373 e. The lowest BCUT2D eigenvalue weighted by atomic mass is 10.3. The van der Waals surface area contributed by atoms with Gasteiger partial charge in [0, 0.05) is 12.6 Å². The van der Waals surface area contributed by atoms with Gasteiger partial charge >= 0.3 is 5.69 Å². The van der Waals surface area contributed by atoms with Crippen LogP contribution in [0.4, 0.5) is 11.5 Å². The maximum absolute atomic E-state index is 10.8. The number of aromatic nitrogens is 1. The number of rotatable bonds is 7. The second-order valence-electron chi connectivity index (χ2n) is 3.57. The molecule has 0 amide bonds. The molecule has 0 spiro atoms. The van der Waals surface area contributed by atoms with Crippen molar-refractivity contribution in [3.63, 3.8) is 0 Å². The Morgan fingerprint density at radius 3 is 3.06 bits per heavy atom. The number of halogens is 1. The molecule has 0 aliphatic heterocycles. The first kappa shape index (κ1) is 14.4. The van der Waals surface area contributed by atoms with E-state index in [-0.39, 0.29) is 22.8 Å². The molecule has 0 aromatic carbocycles. The first-order valence-corrected chi connectivity index (χ1v) is 5.69. The standard InChI is InChI=1S/C11H14ClN3O3/c1-3-6-18-8(2)7-13-11-9(15(16)17)4-5-10(12)14-11/h3-5,8H,1,6-7H2,2H3,(H,13,14). The molecule has 1 aromatic heterocycles. The van der Waals surface area contributed by atoms with E-state index >= 15 is 0 Å². The Balaban J connectivity index is 2.68. The molecule has 1 N–H and O–H groups in total. The van der Waals surface area contributed by atoms with Crippen LogP contribution in [0.5, 0.6) is 0 Å². The van der Waals surface area contributed by atoms with Crippen LogP contribution in [-0.4, -0.2) is 29.2 Å². The summed E-state index contributed by atoms with van der Waals surface area (Å²) in [6, 6.07) is 2.69. The van der Waals surface area contributed by atoms with Crippen LogP contribution in [-0.2, 0) is 4.74 Å². The van der Waals surface area contributed by atoms with Crippen molar-refractivity contribution in [1.82, 2.24) is 4.98 Å². The maximum atomic E-state index is 10.8. The summed E-state index contributed by atoms with van der Waals surface area (Å²) in [5, 5.41) is 13.8. The van der Waals surface area contributed by atoms with Crippen LogP contribution in [0.3, 0.4) is 0 Å². The third-order valence-corrected chi connectivity index (χ3v) is 2.30. The van der Waals surface area contributed by atoms with E-state index in [1.807, 2.05) is 6.92 Å². The van der Waals surface area contributed by atoms with Crippen molar-refractivity contribution in [2.24, 2.45) is 0 Å². The van der Waals surface area contributed by atoms with E-state index in [2.05, 4.69) is 16.9 Å². The SMILES string of the molecule is C=CCOC(C)CNc1nc(Cl)ccc1[N+](=O)[O-]. The number of nitro groups is 1. The summed E-state index contributed by atoms with van der Waals surface area (Å²) >= 11 is 5.70. The average molecular weight is 272 g/mol. The zero-order chi connectivity index (χ0) is 13.5. The van der Waals surface area contributed by atoms with Crippen molar-refractivity contribution in [2.75, 3.05) is 18.5 Å². The Labute approximate surface area is 110 Å². The van der Waals surface area contributed by atoms with Gasteiger partial charge in [-0.1, -0.05) is 17.7 Å². The van der Waals surface area contributed by atoms with Gasteiger partial charge in [0.15, 0.2) is 0 Å². The van der Waals surface area contributed by atoms with Crippen LogP contribution in [0.2, 0.25) is 5.15 Å². The highest BCUT2D eigenvalue weighted by atomic mass is 35.5. The van der Waals surface area contributed by atoms with Gasteiger partial charge in [0.25, 0.3) is 0 Å². The smallest absolute Gasteiger partial charge is 0.311 e. The van der Waals surface area contributed by atoms with Crippen molar-refractivity contribution in [2.45, 2.75) is 13.0 Å². The maximum Gasteiger partial charge on any atom is 0.311 e. The van der Waals surface area contributed by atoms with Gasteiger partial charge in [0.1, 0.15) is 5.15 Å². The molecule has 0 fully saturated rings. The van der Waals surface area contributed by atoms with E-state index in [1.54, 1.807) is 6.08 Å². The molecule has 0 radical (unpaired) electrons. The van der Waals surface area contributed by atoms with E-state index in [9.17, 15) is 10.1 Å². The quantitative estimate of drug-likeness (QED) is 0.357. The van der Waals surface area contributed by atoms with E-state index in [0.29, 0.717) is 13.2 Å². The van der Waals surface area contributed by atoms with Crippen molar-refractivity contribution < 1.29 is 9.66 Å². The lowest BCUT2D eigenvalue weighted by molar-refractivity contribution is -0.384. The Morgan fingerprint density at radius 1 is 1.72 bits per heavy atom. The zero-order valence-corrected chi connectivity index (χ0v) is 10.7. The molecule has 1 unspecified atom stereocenters. The molecular formula is C11H14ClN3O3. The predicted molar refractivity (Wildman–Crippen MR) is 70.0 cm³/mol. The van der Waals surface area contributed by atoms with Gasteiger partial charge in [-0.15, -0.1) is 6.58 Å². The second-order valence-corrected chi connectivity index (χ2v) is 3.96. The van der Waals surface area contributed by atoms with Crippen LogP contribution in [0.15, 0.2) is 24.8 Å². The Hall–Kier alpha value is -1.66. The number of anilines is 1. The molecule has 1 rings (SSSR count). The largest absolute Gasteiger partial charge is 0.373 e. The highest BCUT2D eigenvalue weighted by molar-refractivity contribution is 6.29. The lowest BCUT2D eigenvalue weighted by Gasteiger charge is -2.13. The van der Waals surface area contributed by atoms with Gasteiger partial charge < -0.3 is 10.1 Å². The van der Waals surface area contributed by atoms with Crippen LogP contribution >= 0.6 is 11.6 Å². The number of nitrogens with one attached hydrogen (secondary N) is 1. The van der Waals surface area contributed by atoms with E-state index in [1.165, 1.54) is 12.1 Å². The molecule has 1 heterocycles. The molecular weight excluding hydrogens is 258 g/mol. The van der Waals surface area contributed by atoms with Gasteiger partial charge in [-0.3, -0.25) is 10.1 Å². The highest BCUT2D eigenvalue weighted by Crippen LogP contribution is 2.23. The van der Waals surface area contributed by atoms with Crippen molar-refractivity contribution in [3.8, 4) is 0 Å². The lowest BCUT2D eigenvalue weighted by Crippen LogP contribution is -2.21. The number of nitrogens with zero attached hydrogens (tertiary/aromatic N) is 2. The van der Waals surface area contributed by atoms with Crippen LogP contribution in [0, 0.1) is 10.1 Å². The third-order valence-electron chi connectivity index (χ3n) is 2.09. The Kier molecular flexibility index (Phi) is 5.54. The van der Waals surface area contributed by atoms with Crippen LogP contribution in [0.25, 0.3) is 0 Å². The first-order chi connectivity index (χ1) is 8.54. The van der Waals surface area contributed by atoms with E-state index in [0.717, 1.165) is 0 Å². The average Bonchev–Trinajstić information content (AvgIpc) is 2.33. The highest BCUT2D eigenvalue weighted by Gasteiger charge is 2.16. The Bertz CT molecular complexity index is 440. The summed E-state index contributed by atoms with van der Waals surface area (Å²) in [6.07, 6.45) is 1.51. The van der Waals surface area contributed by atoms with Gasteiger partial charge in [-0.25, -0.2) is 4.98 Å². The summed E-state index contributed by atoms with van der Waals surface area (Å²) in [5.74, 6) is 0.140. The fraction of sp³-hybridized carbons (Fsp3) is 0.364. The minimum atomic E-state index is -0.513. The van der Waals surface area contributed by atoms with Crippen LogP contribution in [0.1, 0.15) is 6.92 Å². The summed E-state index contributed by atoms with van der Waals surface area (Å²) < 4.78 is 5.33. The van der Waals surface area contributed by atoms with Crippen molar-refractivity contribution in [1.29, 1.82) is 0 Å². The zero-order valence-electron chi connectivity index (χ0n) is 9.93. The molecule has 0 saturated carbocycles. The fourth-order valence-electron chi connectivity index (χ4n) is 1.24. The monoisotopic (exact) mass is 271 g/mol. The third kappa shape index (κ3) is 4.31. The normalized spacial score (nSPS) is 11.9. The summed E-state index contributed by atoms with van der Waals surface area (Å²) in [6.45, 7) is 6.19. The summed E-state index contributed by atoms with van der Waals surface area (Å²) in [5.41, 5.74) is -0.115. The second kappa shape index (κ2) is 6.93. The van der Waals surface area contributed by atoms with Gasteiger partial charge in [-0.05, 0) is 13.0 Å². The molecule has 1 aromatic rings. The number of hydrogen-bond acceptors (Lipinski definition) is 5. The Morgan fingerprint density at radius 2 is 2.44 bits per heavy atom. The number of hydrogen-bond donors (Lipinski definition) is 1. The van der Waals surface area contributed by atoms with Crippen molar-refractivity contribution >= 4 is 23.1 Å². The molecule has 1 atom stereocenters. The molecule has 0 aliphatic rings. The topological polar surface area (TPSA) is 77.3 Å². The fourth-order valence-corrected chi connectivity index (χ4v) is 1.38. The molecule has 0 saturated heterocycles. The summed E-state index contributed by atoms with van der Waals surface area (Å²) in [4.78, 5) is 14.2. The van der Waals surface area contributed by atoms with Gasteiger partial charge in [0.05, 0.1) is 17.6 Å². The number of ether oxygens (including phenoxy) is 1. The molecule has 7 heteroatoms. The summed E-state index contributed by atoms with van der Waals surface area (Å²) in [7, 11) is 0. The molecule has 18 heavy (non-hydrogen) atoms. The predicted octanol–water partition coefficient (Wildman–Crippen LogP) is 2.65. The number of pyridine rings is 1. The van der Waals surface area contributed by atoms with Gasteiger partial charge in [-0.2, -0.15) is 0 Å². The van der Waals surface area contributed by atoms with Crippen LogP contribution < -0.4 is 5.32 Å². The first-order valence-electron chi connectivity index (χ1n) is 5.32. The molecule has 98 valence electrons. The van der Waals surface area contributed by atoms with E-state index < -0.39 is 4.92 Å². The molecule has 0 aliphatic carbocycles. The molecule has 6 nitrogen and oxygen atoms in total. The van der Waals surface area contributed by atoms with Gasteiger partial charge in [0.2, 0.25) is 5.82 Å². The van der Waals surface area contributed by atoms with Crippen molar-refractivity contribution in [3.05, 3.63) is 40.1 Å². The van der Waals surface area contributed by atoms with E-state index in [4.69, 9.17) is 16.3 Å².